The van der Waals surface area contributed by atoms with Gasteiger partial charge in [-0.15, -0.1) is 35.3 Å². The monoisotopic (exact) mass is 534 g/mol. The minimum Gasteiger partial charge on any atom is -0.369 e. The molecule has 2 heterocycles. The third-order valence-corrected chi connectivity index (χ3v) is 5.17. The molecule has 2 rings (SSSR count). The maximum absolute atomic E-state index is 12.6. The summed E-state index contributed by atoms with van der Waals surface area (Å²) in [4.78, 5) is 21.1. The minimum absolute atomic E-state index is 0. The fourth-order valence-corrected chi connectivity index (χ4v) is 3.64. The van der Waals surface area contributed by atoms with Gasteiger partial charge in [0.05, 0.1) is 12.5 Å². The summed E-state index contributed by atoms with van der Waals surface area (Å²) in [5.41, 5.74) is 4.51. The van der Waals surface area contributed by atoms with Crippen molar-refractivity contribution in [3.8, 4) is 0 Å². The van der Waals surface area contributed by atoms with Crippen LogP contribution in [0.1, 0.15) is 30.0 Å². The number of carbonyl (C=O) groups excluding carboxylic acids is 1. The van der Waals surface area contributed by atoms with Crippen molar-refractivity contribution in [2.75, 3.05) is 33.2 Å². The molecule has 0 spiro atoms. The Hall–Kier alpha value is -1.15. The lowest BCUT2D eigenvalue weighted by atomic mass is 9.97. The molecular formula is C16H26F3IN6OS. The number of aromatic nitrogens is 1. The Morgan fingerprint density at radius 1 is 1.46 bits per heavy atom. The number of primary amides is 1. The van der Waals surface area contributed by atoms with Crippen LogP contribution in [-0.2, 0) is 17.5 Å². The van der Waals surface area contributed by atoms with E-state index in [1.807, 2.05) is 0 Å². The van der Waals surface area contributed by atoms with Crippen LogP contribution in [0.4, 0.5) is 13.2 Å². The normalized spacial score (nSPS) is 18.4. The van der Waals surface area contributed by atoms with Gasteiger partial charge < -0.3 is 21.3 Å². The smallest absolute Gasteiger partial charge is 0.369 e. The van der Waals surface area contributed by atoms with Crippen molar-refractivity contribution in [3.05, 3.63) is 16.1 Å². The molecule has 1 aromatic rings. The zero-order chi connectivity index (χ0) is 19.9. The Balaban J connectivity index is 0.00000392. The highest BCUT2D eigenvalue weighted by Crippen LogP contribution is 2.29. The Labute approximate surface area is 183 Å². The number of rotatable bonds is 7. The predicted octanol–water partition coefficient (Wildman–Crippen LogP) is 2.03. The van der Waals surface area contributed by atoms with Gasteiger partial charge in [0, 0.05) is 25.5 Å². The van der Waals surface area contributed by atoms with Crippen LogP contribution in [0.25, 0.3) is 0 Å². The Bertz CT molecular complexity index is 655. The second-order valence-corrected chi connectivity index (χ2v) is 7.32. The summed E-state index contributed by atoms with van der Waals surface area (Å²) in [6.45, 7) is 3.33. The summed E-state index contributed by atoms with van der Waals surface area (Å²) < 4.78 is 37.7. The Kier molecular flexibility index (Phi) is 10.4. The second kappa shape index (κ2) is 11.8. The number of hydrogen-bond acceptors (Lipinski definition) is 5. The van der Waals surface area contributed by atoms with Crippen LogP contribution in [0.5, 0.6) is 0 Å². The third-order valence-electron chi connectivity index (χ3n) is 4.32. The lowest BCUT2D eigenvalue weighted by Gasteiger charge is -2.31. The largest absolute Gasteiger partial charge is 0.434 e. The van der Waals surface area contributed by atoms with E-state index >= 15 is 0 Å². The van der Waals surface area contributed by atoms with Crippen LogP contribution in [-0.4, -0.2) is 55.0 Å². The maximum atomic E-state index is 12.6. The van der Waals surface area contributed by atoms with E-state index in [1.54, 1.807) is 7.05 Å². The average molecular weight is 534 g/mol. The van der Waals surface area contributed by atoms with E-state index < -0.39 is 11.9 Å². The number of carbonyl (C=O) groups is 1. The molecule has 1 aliphatic rings. The zero-order valence-corrected chi connectivity index (χ0v) is 18.7. The van der Waals surface area contributed by atoms with E-state index in [0.29, 0.717) is 24.1 Å². The first-order chi connectivity index (χ1) is 12.8. The van der Waals surface area contributed by atoms with Crippen molar-refractivity contribution in [3.63, 3.8) is 0 Å². The van der Waals surface area contributed by atoms with Crippen molar-refractivity contribution in [1.82, 2.24) is 20.5 Å². The predicted molar refractivity (Wildman–Crippen MR) is 114 cm³/mol. The van der Waals surface area contributed by atoms with Crippen molar-refractivity contribution in [2.45, 2.75) is 32.0 Å². The molecule has 0 aromatic carbocycles. The van der Waals surface area contributed by atoms with E-state index in [4.69, 9.17) is 5.73 Å². The summed E-state index contributed by atoms with van der Waals surface area (Å²) in [7, 11) is 1.60. The first kappa shape index (κ1) is 24.9. The quantitative estimate of drug-likeness (QED) is 0.216. The van der Waals surface area contributed by atoms with Gasteiger partial charge in [-0.1, -0.05) is 0 Å². The molecule has 1 saturated heterocycles. The standard InChI is InChI=1S/C16H25F3N6OS.HI/c1-21-15(23-8-13-24-12(10-27-13)16(17,18)19)22-5-3-7-25-6-2-4-11(9-25)14(20)26;/h10-11H,2-9H2,1H3,(H2,20,26)(H2,21,22,23);1H. The van der Waals surface area contributed by atoms with Gasteiger partial charge >= 0.3 is 6.18 Å². The first-order valence-corrected chi connectivity index (χ1v) is 9.65. The molecule has 1 fully saturated rings. The Morgan fingerprint density at radius 3 is 2.82 bits per heavy atom. The summed E-state index contributed by atoms with van der Waals surface area (Å²) in [6.07, 6.45) is -1.75. The molecule has 0 saturated carbocycles. The number of amides is 1. The van der Waals surface area contributed by atoms with Crippen LogP contribution < -0.4 is 16.4 Å². The van der Waals surface area contributed by atoms with Crippen LogP contribution in [0, 0.1) is 5.92 Å². The van der Waals surface area contributed by atoms with E-state index in [2.05, 4.69) is 25.5 Å². The molecule has 1 amide bonds. The number of alkyl halides is 3. The number of nitrogens with zero attached hydrogens (tertiary/aromatic N) is 3. The van der Waals surface area contributed by atoms with E-state index in [9.17, 15) is 18.0 Å². The molecule has 12 heteroatoms. The fraction of sp³-hybridized carbons (Fsp3) is 0.688. The van der Waals surface area contributed by atoms with Crippen molar-refractivity contribution >= 4 is 47.2 Å². The highest BCUT2D eigenvalue weighted by atomic mass is 127. The number of nitrogens with one attached hydrogen (secondary N) is 2. The zero-order valence-electron chi connectivity index (χ0n) is 15.6. The van der Waals surface area contributed by atoms with E-state index in [1.165, 1.54) is 0 Å². The molecular weight excluding hydrogens is 508 g/mol. The molecule has 4 N–H and O–H groups in total. The number of hydrogen-bond donors (Lipinski definition) is 3. The van der Waals surface area contributed by atoms with Crippen molar-refractivity contribution in [2.24, 2.45) is 16.6 Å². The lowest BCUT2D eigenvalue weighted by molar-refractivity contribution is -0.140. The summed E-state index contributed by atoms with van der Waals surface area (Å²) >= 11 is 0.958. The number of halogens is 4. The fourth-order valence-electron chi connectivity index (χ4n) is 2.90. The number of likely N-dealkylation sites (tertiary alicyclic amines) is 1. The topological polar surface area (TPSA) is 95.6 Å². The molecule has 1 atom stereocenters. The molecule has 28 heavy (non-hydrogen) atoms. The Morgan fingerprint density at radius 2 is 2.21 bits per heavy atom. The number of nitrogens with two attached hydrogens (primary N) is 1. The SMILES string of the molecule is CN=C(NCCCN1CCCC(C(N)=O)C1)NCc1nc(C(F)(F)F)cs1.I. The summed E-state index contributed by atoms with van der Waals surface area (Å²) in [5, 5.41) is 7.43. The molecule has 1 aliphatic heterocycles. The second-order valence-electron chi connectivity index (χ2n) is 6.37. The third kappa shape index (κ3) is 8.07. The van der Waals surface area contributed by atoms with Crippen molar-refractivity contribution < 1.29 is 18.0 Å². The summed E-state index contributed by atoms with van der Waals surface area (Å²) in [6, 6.07) is 0. The number of guanidine groups is 1. The molecule has 1 aromatic heterocycles. The molecule has 0 bridgehead atoms. The number of aliphatic imine (C=N–C) groups is 1. The lowest BCUT2D eigenvalue weighted by Crippen LogP contribution is -2.42. The van der Waals surface area contributed by atoms with Crippen LogP contribution in [0.3, 0.4) is 0 Å². The number of thiazole rings is 1. The molecule has 0 aliphatic carbocycles. The highest BCUT2D eigenvalue weighted by Gasteiger charge is 2.33. The minimum atomic E-state index is -4.42. The van der Waals surface area contributed by atoms with E-state index in [0.717, 1.165) is 49.1 Å². The van der Waals surface area contributed by atoms with Gasteiger partial charge in [0.1, 0.15) is 5.01 Å². The van der Waals surface area contributed by atoms with E-state index in [-0.39, 0.29) is 42.3 Å². The summed E-state index contributed by atoms with van der Waals surface area (Å²) in [5.74, 6) is 0.201. The molecule has 0 radical (unpaired) electrons. The molecule has 160 valence electrons. The average Bonchev–Trinajstić information content (AvgIpc) is 3.11. The van der Waals surface area contributed by atoms with Gasteiger partial charge in [-0.2, -0.15) is 13.2 Å². The van der Waals surface area contributed by atoms with Gasteiger partial charge in [0.2, 0.25) is 5.91 Å². The number of piperidine rings is 1. The van der Waals surface area contributed by atoms with Crippen molar-refractivity contribution in [1.29, 1.82) is 0 Å². The van der Waals surface area contributed by atoms with Crippen LogP contribution in [0.15, 0.2) is 10.4 Å². The molecule has 7 nitrogen and oxygen atoms in total. The van der Waals surface area contributed by atoms with Crippen LogP contribution in [0.2, 0.25) is 0 Å². The van der Waals surface area contributed by atoms with Gasteiger partial charge in [-0.25, -0.2) is 4.98 Å². The van der Waals surface area contributed by atoms with Gasteiger partial charge in [-0.05, 0) is 32.4 Å². The van der Waals surface area contributed by atoms with Crippen LogP contribution >= 0.6 is 35.3 Å². The van der Waals surface area contributed by atoms with Gasteiger partial charge in [-0.3, -0.25) is 9.79 Å². The maximum Gasteiger partial charge on any atom is 0.434 e. The first-order valence-electron chi connectivity index (χ1n) is 8.77. The van der Waals surface area contributed by atoms with Gasteiger partial charge in [0.25, 0.3) is 0 Å². The highest BCUT2D eigenvalue weighted by molar-refractivity contribution is 14.0. The van der Waals surface area contributed by atoms with Gasteiger partial charge in [0.15, 0.2) is 11.7 Å². The molecule has 1 unspecified atom stereocenters.